The molecule has 154 valence electrons. The minimum absolute atomic E-state index is 0.206. The van der Waals surface area contributed by atoms with Gasteiger partial charge in [-0.15, -0.1) is 0 Å². The third-order valence-corrected chi connectivity index (χ3v) is 7.04. The first-order valence-electron chi connectivity index (χ1n) is 9.59. The van der Waals surface area contributed by atoms with Crippen LogP contribution in [0.15, 0.2) is 89.8 Å². The number of benzene rings is 3. The molecule has 1 fully saturated rings. The summed E-state index contributed by atoms with van der Waals surface area (Å²) in [5, 5.41) is 0. The lowest BCUT2D eigenvalue weighted by Gasteiger charge is -2.30. The first-order valence-corrected chi connectivity index (χ1v) is 11.0. The molecule has 1 amide bonds. The van der Waals surface area contributed by atoms with Gasteiger partial charge in [0, 0.05) is 18.7 Å². The highest BCUT2D eigenvalue weighted by Gasteiger charge is 2.43. The predicted molar refractivity (Wildman–Crippen MR) is 114 cm³/mol. The number of hydrogen-bond donors (Lipinski definition) is 0. The van der Waals surface area contributed by atoms with Crippen molar-refractivity contribution in [2.75, 3.05) is 20.2 Å². The molecule has 4 rings (SSSR count). The summed E-state index contributed by atoms with van der Waals surface area (Å²) >= 11 is 0. The maximum atomic E-state index is 13.4. The van der Waals surface area contributed by atoms with Gasteiger partial charge in [-0.25, -0.2) is 8.42 Å². The number of carbonyl (C=O) groups excluding carboxylic acids is 1. The molecule has 0 aromatic heterocycles. The zero-order chi connectivity index (χ0) is 21.1. The first kappa shape index (κ1) is 20.1. The van der Waals surface area contributed by atoms with Crippen molar-refractivity contribution in [2.45, 2.75) is 11.1 Å². The number of nitrogens with zero attached hydrogens (tertiary/aromatic N) is 2. The number of methoxy groups -OCH3 is 1. The van der Waals surface area contributed by atoms with Crippen molar-refractivity contribution in [3.63, 3.8) is 0 Å². The summed E-state index contributed by atoms with van der Waals surface area (Å²) in [5.74, 6) is 0.456. The smallest absolute Gasteiger partial charge is 0.255 e. The fourth-order valence-corrected chi connectivity index (χ4v) is 5.26. The normalized spacial score (nSPS) is 17.1. The van der Waals surface area contributed by atoms with Crippen molar-refractivity contribution < 1.29 is 17.9 Å². The maximum Gasteiger partial charge on any atom is 0.255 e. The van der Waals surface area contributed by atoms with Crippen molar-refractivity contribution in [1.29, 1.82) is 0 Å². The highest BCUT2D eigenvalue weighted by atomic mass is 32.2. The summed E-state index contributed by atoms with van der Waals surface area (Å²) in [5.41, 5.74) is 1.23. The molecule has 1 saturated heterocycles. The second-order valence-electron chi connectivity index (χ2n) is 6.94. The van der Waals surface area contributed by atoms with Gasteiger partial charge in [-0.3, -0.25) is 4.79 Å². The van der Waals surface area contributed by atoms with Crippen LogP contribution < -0.4 is 4.74 Å². The fourth-order valence-electron chi connectivity index (χ4n) is 3.67. The number of sulfonamides is 1. The standard InChI is InChI=1S/C23H22N2O4S/c1-29-20-14-12-18(13-15-20)22-24(23(26)19-8-4-2-5-9-19)16-17-25(22)30(27,28)21-10-6-3-7-11-21/h2-15,22H,16-17H2,1H3. The average molecular weight is 423 g/mol. The van der Waals surface area contributed by atoms with Crippen molar-refractivity contribution in [2.24, 2.45) is 0 Å². The molecular weight excluding hydrogens is 400 g/mol. The molecular formula is C23H22N2O4S. The van der Waals surface area contributed by atoms with E-state index >= 15 is 0 Å². The van der Waals surface area contributed by atoms with E-state index in [1.165, 1.54) is 4.31 Å². The van der Waals surface area contributed by atoms with E-state index in [0.717, 1.165) is 0 Å². The number of rotatable bonds is 5. The minimum atomic E-state index is -3.79. The van der Waals surface area contributed by atoms with Crippen molar-refractivity contribution in [3.8, 4) is 5.75 Å². The lowest BCUT2D eigenvalue weighted by Crippen LogP contribution is -2.38. The fraction of sp³-hybridized carbons (Fsp3) is 0.174. The van der Waals surface area contributed by atoms with Crippen molar-refractivity contribution in [1.82, 2.24) is 9.21 Å². The van der Waals surface area contributed by atoms with Gasteiger partial charge < -0.3 is 9.64 Å². The van der Waals surface area contributed by atoms with E-state index in [1.54, 1.807) is 90.9 Å². The minimum Gasteiger partial charge on any atom is -0.497 e. The third-order valence-electron chi connectivity index (χ3n) is 5.17. The van der Waals surface area contributed by atoms with Gasteiger partial charge in [-0.1, -0.05) is 48.5 Å². The second kappa shape index (κ2) is 8.30. The summed E-state index contributed by atoms with van der Waals surface area (Å²) in [4.78, 5) is 15.1. The average Bonchev–Trinajstić information content (AvgIpc) is 3.26. The molecule has 0 saturated carbocycles. The van der Waals surface area contributed by atoms with E-state index in [4.69, 9.17) is 4.74 Å². The molecule has 0 radical (unpaired) electrons. The predicted octanol–water partition coefficient (Wildman–Crippen LogP) is 3.54. The van der Waals surface area contributed by atoms with E-state index < -0.39 is 16.2 Å². The third kappa shape index (κ3) is 3.69. The Labute approximate surface area is 176 Å². The Morgan fingerprint density at radius 3 is 2.07 bits per heavy atom. The Morgan fingerprint density at radius 2 is 1.47 bits per heavy atom. The van der Waals surface area contributed by atoms with Crippen LogP contribution in [0.5, 0.6) is 5.75 Å². The zero-order valence-electron chi connectivity index (χ0n) is 16.5. The number of carbonyl (C=O) groups is 1. The van der Waals surface area contributed by atoms with Crippen molar-refractivity contribution >= 4 is 15.9 Å². The van der Waals surface area contributed by atoms with Crippen LogP contribution >= 0.6 is 0 Å². The van der Waals surface area contributed by atoms with Crippen LogP contribution in [0.1, 0.15) is 22.1 Å². The van der Waals surface area contributed by atoms with E-state index in [0.29, 0.717) is 23.4 Å². The Kier molecular flexibility index (Phi) is 5.57. The zero-order valence-corrected chi connectivity index (χ0v) is 17.3. The molecule has 1 unspecified atom stereocenters. The van der Waals surface area contributed by atoms with Crippen LogP contribution in [-0.4, -0.2) is 43.7 Å². The molecule has 1 aliphatic heterocycles. The van der Waals surface area contributed by atoms with Gasteiger partial charge >= 0.3 is 0 Å². The molecule has 0 aliphatic carbocycles. The number of ether oxygens (including phenoxy) is 1. The van der Waals surface area contributed by atoms with Crippen LogP contribution in [0.25, 0.3) is 0 Å². The van der Waals surface area contributed by atoms with Gasteiger partial charge in [0.05, 0.1) is 12.0 Å². The summed E-state index contributed by atoms with van der Waals surface area (Å²) < 4.78 is 33.4. The molecule has 0 bridgehead atoms. The Morgan fingerprint density at radius 1 is 0.867 bits per heavy atom. The van der Waals surface area contributed by atoms with Crippen LogP contribution in [-0.2, 0) is 10.0 Å². The van der Waals surface area contributed by atoms with Crippen LogP contribution in [0.3, 0.4) is 0 Å². The second-order valence-corrected chi connectivity index (χ2v) is 8.83. The first-order chi connectivity index (χ1) is 14.5. The largest absolute Gasteiger partial charge is 0.497 e. The van der Waals surface area contributed by atoms with Crippen molar-refractivity contribution in [3.05, 3.63) is 96.1 Å². The van der Waals surface area contributed by atoms with E-state index in [2.05, 4.69) is 0 Å². The van der Waals surface area contributed by atoms with Gasteiger partial charge in [0.25, 0.3) is 5.91 Å². The Hall–Kier alpha value is -3.16. The van der Waals surface area contributed by atoms with Gasteiger partial charge in [0.1, 0.15) is 11.9 Å². The summed E-state index contributed by atoms with van der Waals surface area (Å²) in [6, 6.07) is 24.3. The number of hydrogen-bond acceptors (Lipinski definition) is 4. The highest BCUT2D eigenvalue weighted by Crippen LogP contribution is 2.36. The molecule has 1 atom stereocenters. The summed E-state index contributed by atoms with van der Waals surface area (Å²) in [6.45, 7) is 0.517. The molecule has 6 nitrogen and oxygen atoms in total. The van der Waals surface area contributed by atoms with Gasteiger partial charge in [-0.05, 0) is 42.0 Å². The molecule has 0 N–H and O–H groups in total. The highest BCUT2D eigenvalue weighted by molar-refractivity contribution is 7.89. The molecule has 7 heteroatoms. The van der Waals surface area contributed by atoms with Crippen LogP contribution in [0.2, 0.25) is 0 Å². The molecule has 1 heterocycles. The van der Waals surface area contributed by atoms with E-state index in [9.17, 15) is 13.2 Å². The quantitative estimate of drug-likeness (QED) is 0.631. The molecule has 3 aromatic carbocycles. The van der Waals surface area contributed by atoms with Crippen LogP contribution in [0, 0.1) is 0 Å². The SMILES string of the molecule is COc1ccc(C2N(C(=O)c3ccccc3)CCN2S(=O)(=O)c2ccccc2)cc1. The summed E-state index contributed by atoms with van der Waals surface area (Å²) in [7, 11) is -2.22. The Bertz CT molecular complexity index is 1120. The number of amides is 1. The summed E-state index contributed by atoms with van der Waals surface area (Å²) in [6.07, 6.45) is -0.742. The maximum absolute atomic E-state index is 13.4. The molecule has 30 heavy (non-hydrogen) atoms. The lowest BCUT2D eigenvalue weighted by molar-refractivity contribution is 0.0693. The van der Waals surface area contributed by atoms with E-state index in [-0.39, 0.29) is 17.3 Å². The van der Waals surface area contributed by atoms with Gasteiger partial charge in [-0.2, -0.15) is 4.31 Å². The van der Waals surface area contributed by atoms with Gasteiger partial charge in [0.2, 0.25) is 10.0 Å². The van der Waals surface area contributed by atoms with Gasteiger partial charge in [0.15, 0.2) is 0 Å². The molecule has 3 aromatic rings. The van der Waals surface area contributed by atoms with Crippen LogP contribution in [0.4, 0.5) is 0 Å². The molecule has 1 aliphatic rings. The monoisotopic (exact) mass is 422 g/mol. The molecule has 0 spiro atoms. The Balaban J connectivity index is 1.77. The lowest BCUT2D eigenvalue weighted by atomic mass is 10.1. The van der Waals surface area contributed by atoms with E-state index in [1.807, 2.05) is 6.07 Å². The topological polar surface area (TPSA) is 66.9 Å².